The van der Waals surface area contributed by atoms with E-state index in [0.29, 0.717) is 5.69 Å². The average molecular weight is 280 g/mol. The summed E-state index contributed by atoms with van der Waals surface area (Å²) in [7, 11) is 0. The Kier molecular flexibility index (Phi) is 3.57. The van der Waals surface area contributed by atoms with Crippen LogP contribution in [0.2, 0.25) is 0 Å². The van der Waals surface area contributed by atoms with Crippen molar-refractivity contribution in [2.75, 3.05) is 5.32 Å². The number of hydrogen-bond acceptors (Lipinski definition) is 3. The third kappa shape index (κ3) is 2.84. The summed E-state index contributed by atoms with van der Waals surface area (Å²) in [5.74, 6) is -2.74. The van der Waals surface area contributed by atoms with Crippen LogP contribution in [0.15, 0.2) is 28.8 Å². The van der Waals surface area contributed by atoms with E-state index in [1.165, 1.54) is 12.1 Å². The summed E-state index contributed by atoms with van der Waals surface area (Å²) >= 11 is 0. The molecule has 0 saturated carbocycles. The zero-order chi connectivity index (χ0) is 14.9. The van der Waals surface area contributed by atoms with Crippen LogP contribution < -0.4 is 5.32 Å². The molecule has 2 aromatic rings. The van der Waals surface area contributed by atoms with E-state index in [9.17, 15) is 13.6 Å². The van der Waals surface area contributed by atoms with Crippen LogP contribution in [0.4, 0.5) is 14.7 Å². The summed E-state index contributed by atoms with van der Waals surface area (Å²) in [5.41, 5.74) is -0.279. The van der Waals surface area contributed by atoms with Crippen molar-refractivity contribution in [2.45, 2.75) is 26.2 Å². The van der Waals surface area contributed by atoms with Crippen molar-refractivity contribution in [3.05, 3.63) is 47.2 Å². The molecule has 0 aliphatic rings. The van der Waals surface area contributed by atoms with Gasteiger partial charge in [0, 0.05) is 11.5 Å². The lowest BCUT2D eigenvalue weighted by Gasteiger charge is -2.12. The Morgan fingerprint density at radius 3 is 2.35 bits per heavy atom. The molecule has 0 atom stereocenters. The lowest BCUT2D eigenvalue weighted by Crippen LogP contribution is -2.15. The topological polar surface area (TPSA) is 55.1 Å². The second-order valence-electron chi connectivity index (χ2n) is 5.38. The molecular formula is C14H14F2N2O2. The number of halogens is 2. The number of carbonyl (C=O) groups is 1. The van der Waals surface area contributed by atoms with Crippen molar-refractivity contribution in [1.29, 1.82) is 0 Å². The van der Waals surface area contributed by atoms with E-state index in [2.05, 4.69) is 10.5 Å². The van der Waals surface area contributed by atoms with E-state index in [4.69, 9.17) is 4.52 Å². The summed E-state index contributed by atoms with van der Waals surface area (Å²) in [6.45, 7) is 5.77. The van der Waals surface area contributed by atoms with Gasteiger partial charge in [0.25, 0.3) is 5.91 Å². The fourth-order valence-corrected chi connectivity index (χ4v) is 1.58. The number of anilines is 1. The Labute approximate surface area is 114 Å². The highest BCUT2D eigenvalue weighted by Gasteiger charge is 2.22. The van der Waals surface area contributed by atoms with Gasteiger partial charge in [-0.15, -0.1) is 0 Å². The quantitative estimate of drug-likeness (QED) is 0.916. The summed E-state index contributed by atoms with van der Waals surface area (Å²) in [4.78, 5) is 11.8. The summed E-state index contributed by atoms with van der Waals surface area (Å²) < 4.78 is 31.8. The van der Waals surface area contributed by atoms with Gasteiger partial charge in [-0.25, -0.2) is 8.78 Å². The van der Waals surface area contributed by atoms with Crippen molar-refractivity contribution in [3.8, 4) is 0 Å². The van der Waals surface area contributed by atoms with Gasteiger partial charge in [0.05, 0.1) is 5.69 Å². The number of benzene rings is 1. The maximum Gasteiger partial charge on any atom is 0.264 e. The first-order valence-corrected chi connectivity index (χ1v) is 6.01. The highest BCUT2D eigenvalue weighted by atomic mass is 19.1. The Morgan fingerprint density at radius 1 is 1.25 bits per heavy atom. The lowest BCUT2D eigenvalue weighted by molar-refractivity contribution is 0.101. The third-order valence-electron chi connectivity index (χ3n) is 2.71. The molecule has 1 aromatic carbocycles. The standard InChI is InChI=1S/C14H14F2N2O2/c1-14(2,3)10-7-11(20-18-10)17-13(19)12-8(15)5-4-6-9(12)16/h4-7H,1-3H3,(H,17,19). The molecule has 106 valence electrons. The van der Waals surface area contributed by atoms with Crippen LogP contribution in [-0.4, -0.2) is 11.1 Å². The van der Waals surface area contributed by atoms with Crippen LogP contribution in [-0.2, 0) is 5.41 Å². The maximum absolute atomic E-state index is 13.5. The molecule has 20 heavy (non-hydrogen) atoms. The highest BCUT2D eigenvalue weighted by molar-refractivity contribution is 6.03. The fourth-order valence-electron chi connectivity index (χ4n) is 1.58. The largest absolute Gasteiger partial charge is 0.338 e. The van der Waals surface area contributed by atoms with Gasteiger partial charge in [0.15, 0.2) is 0 Å². The number of rotatable bonds is 2. The van der Waals surface area contributed by atoms with E-state index in [1.807, 2.05) is 20.8 Å². The number of amides is 1. The normalized spacial score (nSPS) is 11.4. The van der Waals surface area contributed by atoms with Gasteiger partial charge in [-0.05, 0) is 12.1 Å². The van der Waals surface area contributed by atoms with Crippen LogP contribution in [0.25, 0.3) is 0 Å². The van der Waals surface area contributed by atoms with E-state index >= 15 is 0 Å². The molecule has 0 radical (unpaired) electrons. The molecule has 0 saturated heterocycles. The van der Waals surface area contributed by atoms with Crippen LogP contribution in [0.3, 0.4) is 0 Å². The number of hydrogen-bond donors (Lipinski definition) is 1. The molecule has 2 rings (SSSR count). The molecule has 1 heterocycles. The first kappa shape index (κ1) is 14.2. The minimum Gasteiger partial charge on any atom is -0.338 e. The second kappa shape index (κ2) is 5.03. The average Bonchev–Trinajstić information content (AvgIpc) is 2.76. The first-order chi connectivity index (χ1) is 9.29. The Morgan fingerprint density at radius 2 is 1.85 bits per heavy atom. The predicted octanol–water partition coefficient (Wildman–Crippen LogP) is 3.50. The Balaban J connectivity index is 2.22. The zero-order valence-electron chi connectivity index (χ0n) is 11.3. The van der Waals surface area contributed by atoms with Crippen molar-refractivity contribution in [2.24, 2.45) is 0 Å². The molecule has 1 N–H and O–H groups in total. The molecule has 0 bridgehead atoms. The van der Waals surface area contributed by atoms with Crippen LogP contribution in [0.1, 0.15) is 36.8 Å². The molecule has 1 aromatic heterocycles. The van der Waals surface area contributed by atoms with E-state index < -0.39 is 23.1 Å². The number of carbonyl (C=O) groups excluding carboxylic acids is 1. The van der Waals surface area contributed by atoms with Crippen LogP contribution >= 0.6 is 0 Å². The van der Waals surface area contributed by atoms with Crippen LogP contribution in [0.5, 0.6) is 0 Å². The molecule has 6 heteroatoms. The van der Waals surface area contributed by atoms with Gasteiger partial charge in [-0.3, -0.25) is 10.1 Å². The molecular weight excluding hydrogens is 266 g/mol. The molecule has 0 spiro atoms. The molecule has 1 amide bonds. The SMILES string of the molecule is CC(C)(C)c1cc(NC(=O)c2c(F)cccc2F)on1. The lowest BCUT2D eigenvalue weighted by atomic mass is 9.92. The summed E-state index contributed by atoms with van der Waals surface area (Å²) in [6, 6.07) is 4.74. The Hall–Kier alpha value is -2.24. The predicted molar refractivity (Wildman–Crippen MR) is 69.5 cm³/mol. The van der Waals surface area contributed by atoms with Crippen molar-refractivity contribution >= 4 is 11.8 Å². The first-order valence-electron chi connectivity index (χ1n) is 6.01. The van der Waals surface area contributed by atoms with Gasteiger partial charge in [0.2, 0.25) is 5.88 Å². The van der Waals surface area contributed by atoms with Gasteiger partial charge >= 0.3 is 0 Å². The number of nitrogens with one attached hydrogen (secondary N) is 1. The van der Waals surface area contributed by atoms with Gasteiger partial charge in [0.1, 0.15) is 17.2 Å². The van der Waals surface area contributed by atoms with Crippen molar-refractivity contribution < 1.29 is 18.1 Å². The van der Waals surface area contributed by atoms with E-state index in [1.54, 1.807) is 0 Å². The molecule has 0 fully saturated rings. The molecule has 4 nitrogen and oxygen atoms in total. The van der Waals surface area contributed by atoms with Crippen LogP contribution in [0, 0.1) is 11.6 Å². The van der Waals surface area contributed by atoms with Crippen molar-refractivity contribution in [1.82, 2.24) is 5.16 Å². The van der Waals surface area contributed by atoms with E-state index in [0.717, 1.165) is 12.1 Å². The van der Waals surface area contributed by atoms with E-state index in [-0.39, 0.29) is 11.3 Å². The smallest absolute Gasteiger partial charge is 0.264 e. The maximum atomic E-state index is 13.5. The number of aromatic nitrogens is 1. The van der Waals surface area contributed by atoms with Crippen molar-refractivity contribution in [3.63, 3.8) is 0 Å². The minimum absolute atomic E-state index is 0.0441. The third-order valence-corrected chi connectivity index (χ3v) is 2.71. The molecule has 0 aliphatic carbocycles. The second-order valence-corrected chi connectivity index (χ2v) is 5.38. The zero-order valence-corrected chi connectivity index (χ0v) is 11.3. The summed E-state index contributed by atoms with van der Waals surface area (Å²) in [6.07, 6.45) is 0. The fraction of sp³-hybridized carbons (Fsp3) is 0.286. The number of nitrogens with zero attached hydrogens (tertiary/aromatic N) is 1. The molecule has 0 unspecified atom stereocenters. The van der Waals surface area contributed by atoms with Gasteiger partial charge in [-0.2, -0.15) is 0 Å². The van der Waals surface area contributed by atoms with Gasteiger partial charge in [-0.1, -0.05) is 32.0 Å². The monoisotopic (exact) mass is 280 g/mol. The Bertz CT molecular complexity index is 625. The molecule has 0 aliphatic heterocycles. The summed E-state index contributed by atoms with van der Waals surface area (Å²) in [5, 5.41) is 6.09. The van der Waals surface area contributed by atoms with Gasteiger partial charge < -0.3 is 4.52 Å². The minimum atomic E-state index is -0.932. The highest BCUT2D eigenvalue weighted by Crippen LogP contribution is 2.24.